The molecule has 3 aromatic rings. The number of aromatic hydroxyl groups is 1. The first-order valence-electron chi connectivity index (χ1n) is 7.41. The van der Waals surface area contributed by atoms with E-state index in [0.29, 0.717) is 5.75 Å². The number of nitrogens with one attached hydrogen (secondary N) is 2. The Kier molecular flexibility index (Phi) is 2.93. The van der Waals surface area contributed by atoms with Crippen molar-refractivity contribution in [3.8, 4) is 5.75 Å². The molecule has 2 aromatic carbocycles. The molecule has 1 aliphatic heterocycles. The predicted octanol–water partition coefficient (Wildman–Crippen LogP) is 3.30. The molecule has 4 rings (SSSR count). The van der Waals surface area contributed by atoms with Crippen molar-refractivity contribution in [2.75, 3.05) is 6.54 Å². The number of H-pyrrole nitrogens is 1. The second-order valence-electron chi connectivity index (χ2n) is 5.73. The topological polar surface area (TPSA) is 48.0 Å². The molecule has 1 atom stereocenters. The van der Waals surface area contributed by atoms with Crippen LogP contribution in [0, 0.1) is 0 Å². The molecule has 2 heterocycles. The lowest BCUT2D eigenvalue weighted by Crippen LogP contribution is -2.31. The first-order chi connectivity index (χ1) is 10.3. The minimum absolute atomic E-state index is 0.258. The second-order valence-corrected chi connectivity index (χ2v) is 5.73. The number of hydrogen-bond acceptors (Lipinski definition) is 2. The maximum absolute atomic E-state index is 9.75. The van der Waals surface area contributed by atoms with Crippen LogP contribution in [0.25, 0.3) is 10.9 Å². The van der Waals surface area contributed by atoms with Crippen LogP contribution >= 0.6 is 0 Å². The first kappa shape index (κ1) is 12.5. The Labute approximate surface area is 123 Å². The molecule has 106 valence electrons. The summed E-state index contributed by atoms with van der Waals surface area (Å²) in [6, 6.07) is 16.5. The van der Waals surface area contributed by atoms with E-state index in [0.717, 1.165) is 19.4 Å². The van der Waals surface area contributed by atoms with Gasteiger partial charge in [0.25, 0.3) is 0 Å². The Balaban J connectivity index is 1.67. The van der Waals surface area contributed by atoms with Gasteiger partial charge in [-0.25, -0.2) is 0 Å². The fourth-order valence-electron chi connectivity index (χ4n) is 3.27. The lowest BCUT2D eigenvalue weighted by molar-refractivity contribution is 0.463. The molecule has 3 N–H and O–H groups in total. The summed E-state index contributed by atoms with van der Waals surface area (Å²) in [6.45, 7) is 0.989. The second kappa shape index (κ2) is 4.93. The van der Waals surface area contributed by atoms with Crippen molar-refractivity contribution >= 4 is 10.9 Å². The van der Waals surface area contributed by atoms with E-state index in [-0.39, 0.29) is 6.04 Å². The van der Waals surface area contributed by atoms with Gasteiger partial charge in [-0.3, -0.25) is 0 Å². The molecule has 1 aliphatic rings. The first-order valence-corrected chi connectivity index (χ1v) is 7.41. The molecule has 1 unspecified atom stereocenters. The van der Waals surface area contributed by atoms with Crippen LogP contribution in [0.15, 0.2) is 48.5 Å². The zero-order valence-corrected chi connectivity index (χ0v) is 11.8. The summed E-state index contributed by atoms with van der Waals surface area (Å²) >= 11 is 0. The van der Waals surface area contributed by atoms with E-state index in [9.17, 15) is 5.11 Å². The number of rotatable bonds is 2. The normalized spacial score (nSPS) is 17.8. The van der Waals surface area contributed by atoms with E-state index < -0.39 is 0 Å². The summed E-state index contributed by atoms with van der Waals surface area (Å²) in [5.74, 6) is 0.346. The zero-order chi connectivity index (χ0) is 14.2. The maximum atomic E-state index is 9.75. The van der Waals surface area contributed by atoms with Crippen molar-refractivity contribution in [1.29, 1.82) is 0 Å². The zero-order valence-electron chi connectivity index (χ0n) is 11.8. The van der Waals surface area contributed by atoms with Crippen LogP contribution in [0.4, 0.5) is 0 Å². The highest BCUT2D eigenvalue weighted by molar-refractivity contribution is 5.80. The summed E-state index contributed by atoms with van der Waals surface area (Å²) in [5.41, 5.74) is 4.97. The molecule has 3 heteroatoms. The molecule has 0 fully saturated rings. The third-order valence-corrected chi connectivity index (χ3v) is 4.30. The van der Waals surface area contributed by atoms with Gasteiger partial charge in [-0.1, -0.05) is 24.3 Å². The molecule has 0 saturated heterocycles. The number of fused-ring (bicyclic) bond motifs is 2. The van der Waals surface area contributed by atoms with Crippen LogP contribution in [-0.4, -0.2) is 16.6 Å². The van der Waals surface area contributed by atoms with Gasteiger partial charge in [0.15, 0.2) is 0 Å². The Morgan fingerprint density at radius 3 is 2.90 bits per heavy atom. The van der Waals surface area contributed by atoms with E-state index in [1.807, 2.05) is 12.1 Å². The fourth-order valence-corrected chi connectivity index (χ4v) is 3.27. The maximum Gasteiger partial charge on any atom is 0.115 e. The van der Waals surface area contributed by atoms with Gasteiger partial charge >= 0.3 is 0 Å². The smallest absolute Gasteiger partial charge is 0.115 e. The number of benzene rings is 2. The van der Waals surface area contributed by atoms with E-state index >= 15 is 0 Å². The molecular formula is C18H18N2O. The quantitative estimate of drug-likeness (QED) is 0.673. The van der Waals surface area contributed by atoms with Gasteiger partial charge in [-0.05, 0) is 53.7 Å². The van der Waals surface area contributed by atoms with E-state index in [2.05, 4.69) is 40.6 Å². The van der Waals surface area contributed by atoms with Crippen molar-refractivity contribution in [2.24, 2.45) is 0 Å². The van der Waals surface area contributed by atoms with Crippen molar-refractivity contribution in [1.82, 2.24) is 10.3 Å². The lowest BCUT2D eigenvalue weighted by Gasteiger charge is -2.26. The summed E-state index contributed by atoms with van der Waals surface area (Å²) in [6.07, 6.45) is 1.93. The highest BCUT2D eigenvalue weighted by atomic mass is 16.3. The monoisotopic (exact) mass is 278 g/mol. The van der Waals surface area contributed by atoms with E-state index in [1.54, 1.807) is 6.07 Å². The van der Waals surface area contributed by atoms with Gasteiger partial charge in [0, 0.05) is 23.7 Å². The fraction of sp³-hybridized carbons (Fsp3) is 0.222. The average Bonchev–Trinajstić information content (AvgIpc) is 2.90. The van der Waals surface area contributed by atoms with Crippen molar-refractivity contribution in [2.45, 2.75) is 18.9 Å². The van der Waals surface area contributed by atoms with Crippen LogP contribution in [0.2, 0.25) is 0 Å². The van der Waals surface area contributed by atoms with Gasteiger partial charge in [0.2, 0.25) is 0 Å². The average molecular weight is 278 g/mol. The van der Waals surface area contributed by atoms with Crippen LogP contribution < -0.4 is 5.32 Å². The predicted molar refractivity (Wildman–Crippen MR) is 84.6 cm³/mol. The molecule has 1 aromatic heterocycles. The highest BCUT2D eigenvalue weighted by Crippen LogP contribution is 2.29. The number of aromatic amines is 1. The number of para-hydroxylation sites is 1. The largest absolute Gasteiger partial charge is 0.508 e. The van der Waals surface area contributed by atoms with Gasteiger partial charge in [-0.2, -0.15) is 0 Å². The summed E-state index contributed by atoms with van der Waals surface area (Å²) in [5, 5.41) is 14.6. The number of phenols is 1. The Morgan fingerprint density at radius 1 is 1.10 bits per heavy atom. The Morgan fingerprint density at radius 2 is 2.00 bits per heavy atom. The third kappa shape index (κ3) is 2.30. The van der Waals surface area contributed by atoms with Crippen LogP contribution in [-0.2, 0) is 12.8 Å². The Hall–Kier alpha value is -2.26. The number of aromatic nitrogens is 1. The van der Waals surface area contributed by atoms with Crippen LogP contribution in [0.1, 0.15) is 22.9 Å². The van der Waals surface area contributed by atoms with Gasteiger partial charge in [0.1, 0.15) is 5.75 Å². The summed E-state index contributed by atoms with van der Waals surface area (Å²) < 4.78 is 0. The lowest BCUT2D eigenvalue weighted by atomic mass is 9.91. The van der Waals surface area contributed by atoms with E-state index in [4.69, 9.17) is 0 Å². The molecule has 0 bridgehead atoms. The molecular weight excluding hydrogens is 260 g/mol. The molecule has 21 heavy (non-hydrogen) atoms. The standard InChI is InChI=1S/C18H18N2O/c21-15-6-5-12-7-8-19-18(16(12)11-15)10-14-9-13-3-1-2-4-17(13)20-14/h1-6,9,11,18-21H,7-8,10H2. The molecule has 0 amide bonds. The van der Waals surface area contributed by atoms with Gasteiger partial charge in [0.05, 0.1) is 0 Å². The minimum Gasteiger partial charge on any atom is -0.508 e. The molecule has 0 spiro atoms. The molecule has 0 saturated carbocycles. The molecule has 3 nitrogen and oxygen atoms in total. The molecule has 0 aliphatic carbocycles. The number of phenolic OH excluding ortho intramolecular Hbond substituents is 1. The van der Waals surface area contributed by atoms with Crippen molar-refractivity contribution < 1.29 is 5.11 Å². The van der Waals surface area contributed by atoms with Crippen molar-refractivity contribution in [3.63, 3.8) is 0 Å². The van der Waals surface area contributed by atoms with Crippen molar-refractivity contribution in [3.05, 3.63) is 65.4 Å². The highest BCUT2D eigenvalue weighted by Gasteiger charge is 2.21. The minimum atomic E-state index is 0.258. The summed E-state index contributed by atoms with van der Waals surface area (Å²) in [7, 11) is 0. The van der Waals surface area contributed by atoms with Gasteiger partial charge < -0.3 is 15.4 Å². The third-order valence-electron chi connectivity index (χ3n) is 4.30. The van der Waals surface area contributed by atoms with Crippen LogP contribution in [0.3, 0.4) is 0 Å². The van der Waals surface area contributed by atoms with E-state index in [1.165, 1.54) is 27.7 Å². The number of hydrogen-bond donors (Lipinski definition) is 3. The molecule has 0 radical (unpaired) electrons. The Bertz CT molecular complexity index is 758. The van der Waals surface area contributed by atoms with Crippen LogP contribution in [0.5, 0.6) is 5.75 Å². The SMILES string of the molecule is Oc1ccc2c(c1)C(Cc1cc3ccccc3[nH]1)NCC2. The van der Waals surface area contributed by atoms with Gasteiger partial charge in [-0.15, -0.1) is 0 Å². The summed E-state index contributed by atoms with van der Waals surface area (Å²) in [4.78, 5) is 3.49.